The number of nitrogens with zero attached hydrogens (tertiary/aromatic N) is 5. The number of aryl methyl sites for hydroxylation is 2. The first-order chi connectivity index (χ1) is 15.5. The topological polar surface area (TPSA) is 61.8 Å². The van der Waals surface area contributed by atoms with Crippen LogP contribution in [0.3, 0.4) is 0 Å². The van der Waals surface area contributed by atoms with Crippen LogP contribution in [0.5, 0.6) is 0 Å². The van der Waals surface area contributed by atoms with Gasteiger partial charge in [-0.15, -0.1) is 11.3 Å². The molecule has 0 radical (unpaired) electrons. The summed E-state index contributed by atoms with van der Waals surface area (Å²) in [5.74, 6) is 1.09. The highest BCUT2D eigenvalue weighted by atomic mass is 32.1. The van der Waals surface area contributed by atoms with Crippen LogP contribution in [0.1, 0.15) is 36.9 Å². The Hall–Kier alpha value is -2.19. The molecule has 5 rings (SSSR count). The summed E-state index contributed by atoms with van der Waals surface area (Å²) in [5.41, 5.74) is 2.62. The summed E-state index contributed by atoms with van der Waals surface area (Å²) >= 11 is 1.76. The van der Waals surface area contributed by atoms with Gasteiger partial charge in [0.2, 0.25) is 0 Å². The largest absolute Gasteiger partial charge is 0.450 e. The number of rotatable bonds is 4. The number of ether oxygens (including phenoxy) is 1. The highest BCUT2D eigenvalue weighted by Crippen LogP contribution is 2.47. The summed E-state index contributed by atoms with van der Waals surface area (Å²) in [5, 5.41) is 1.10. The van der Waals surface area contributed by atoms with E-state index in [-0.39, 0.29) is 6.09 Å². The number of likely N-dealkylation sites (tertiary alicyclic amines) is 1. The fourth-order valence-electron chi connectivity index (χ4n) is 5.79. The summed E-state index contributed by atoms with van der Waals surface area (Å²) in [4.78, 5) is 29.6. The van der Waals surface area contributed by atoms with E-state index in [1.54, 1.807) is 11.3 Å². The molecule has 2 aromatic heterocycles. The molecule has 2 aromatic rings. The lowest BCUT2D eigenvalue weighted by molar-refractivity contribution is -0.00294. The number of anilines is 1. The highest BCUT2D eigenvalue weighted by Gasteiger charge is 2.51. The molecule has 1 saturated carbocycles. The molecule has 8 heteroatoms. The van der Waals surface area contributed by atoms with Gasteiger partial charge in [0.05, 0.1) is 22.2 Å². The van der Waals surface area contributed by atoms with E-state index >= 15 is 0 Å². The predicted octanol–water partition coefficient (Wildman–Crippen LogP) is 3.95. The normalized spacial score (nSPS) is 22.9. The zero-order valence-corrected chi connectivity index (χ0v) is 20.2. The van der Waals surface area contributed by atoms with Crippen LogP contribution in [0, 0.1) is 19.3 Å². The van der Waals surface area contributed by atoms with Gasteiger partial charge >= 0.3 is 6.09 Å². The van der Waals surface area contributed by atoms with Crippen LogP contribution in [0.15, 0.2) is 18.3 Å². The summed E-state index contributed by atoms with van der Waals surface area (Å²) in [6.45, 7) is 12.4. The molecule has 1 unspecified atom stereocenters. The van der Waals surface area contributed by atoms with Crippen molar-refractivity contribution in [1.29, 1.82) is 0 Å². The molecule has 1 aliphatic carbocycles. The number of aromatic nitrogens is 2. The Labute approximate surface area is 194 Å². The second-order valence-electron chi connectivity index (χ2n) is 9.50. The number of carbonyl (C=O) groups is 1. The maximum absolute atomic E-state index is 12.0. The zero-order valence-electron chi connectivity index (χ0n) is 19.3. The Bertz CT molecular complexity index is 979. The molecular formula is C24H33N5O2S. The molecule has 3 fully saturated rings. The third-order valence-corrected chi connectivity index (χ3v) is 8.43. The molecule has 172 valence electrons. The van der Waals surface area contributed by atoms with Gasteiger partial charge < -0.3 is 14.5 Å². The fraction of sp³-hybridized carbons (Fsp3) is 0.625. The first-order valence-electron chi connectivity index (χ1n) is 11.8. The second kappa shape index (κ2) is 8.63. The van der Waals surface area contributed by atoms with Crippen molar-refractivity contribution in [2.75, 3.05) is 50.8 Å². The summed E-state index contributed by atoms with van der Waals surface area (Å²) in [6.07, 6.45) is 5.43. The van der Waals surface area contributed by atoms with Gasteiger partial charge in [0.1, 0.15) is 5.82 Å². The third-order valence-electron chi connectivity index (χ3n) is 7.32. The van der Waals surface area contributed by atoms with Crippen LogP contribution in [0.25, 0.3) is 10.4 Å². The van der Waals surface area contributed by atoms with Crippen LogP contribution in [-0.2, 0) is 4.74 Å². The molecule has 2 aliphatic heterocycles. The quantitative estimate of drug-likeness (QED) is 0.696. The van der Waals surface area contributed by atoms with Crippen molar-refractivity contribution in [3.05, 3.63) is 29.0 Å². The van der Waals surface area contributed by atoms with E-state index in [4.69, 9.17) is 9.72 Å². The molecule has 3 aliphatic rings. The van der Waals surface area contributed by atoms with Crippen molar-refractivity contribution in [2.24, 2.45) is 5.41 Å². The van der Waals surface area contributed by atoms with Gasteiger partial charge in [0.15, 0.2) is 0 Å². The van der Waals surface area contributed by atoms with Crippen molar-refractivity contribution >= 4 is 23.2 Å². The average Bonchev–Trinajstić information content (AvgIpc) is 3.36. The molecule has 1 atom stereocenters. The number of thiazole rings is 1. The number of hydrogen-bond acceptors (Lipinski definition) is 7. The Morgan fingerprint density at radius 1 is 1.25 bits per heavy atom. The fourth-order valence-corrected chi connectivity index (χ4v) is 6.73. The van der Waals surface area contributed by atoms with Gasteiger partial charge in [0, 0.05) is 62.5 Å². The highest BCUT2D eigenvalue weighted by molar-refractivity contribution is 7.15. The molecule has 0 aromatic carbocycles. The predicted molar refractivity (Wildman–Crippen MR) is 127 cm³/mol. The summed E-state index contributed by atoms with van der Waals surface area (Å²) in [7, 11) is 0. The number of piperazine rings is 1. The van der Waals surface area contributed by atoms with Gasteiger partial charge in [-0.25, -0.2) is 14.8 Å². The van der Waals surface area contributed by atoms with E-state index < -0.39 is 0 Å². The monoisotopic (exact) mass is 455 g/mol. The molecule has 1 amide bonds. The van der Waals surface area contributed by atoms with Crippen molar-refractivity contribution in [1.82, 2.24) is 19.8 Å². The van der Waals surface area contributed by atoms with Crippen LogP contribution in [0.2, 0.25) is 0 Å². The number of hydrogen-bond donors (Lipinski definition) is 0. The lowest BCUT2D eigenvalue weighted by Gasteiger charge is -2.48. The van der Waals surface area contributed by atoms with Crippen molar-refractivity contribution in [2.45, 2.75) is 46.1 Å². The Kier molecular flexibility index (Phi) is 5.84. The summed E-state index contributed by atoms with van der Waals surface area (Å²) < 4.78 is 5.16. The lowest BCUT2D eigenvalue weighted by Crippen LogP contribution is -2.58. The van der Waals surface area contributed by atoms with Gasteiger partial charge in [-0.05, 0) is 52.2 Å². The number of pyridine rings is 1. The van der Waals surface area contributed by atoms with E-state index in [2.05, 4.69) is 34.7 Å². The van der Waals surface area contributed by atoms with Crippen LogP contribution >= 0.6 is 11.3 Å². The van der Waals surface area contributed by atoms with E-state index in [0.717, 1.165) is 55.8 Å². The smallest absolute Gasteiger partial charge is 0.409 e. The minimum absolute atomic E-state index is 0.146. The van der Waals surface area contributed by atoms with Gasteiger partial charge in [0.25, 0.3) is 0 Å². The van der Waals surface area contributed by atoms with Gasteiger partial charge in [-0.3, -0.25) is 4.90 Å². The van der Waals surface area contributed by atoms with E-state index in [0.29, 0.717) is 18.1 Å². The molecule has 2 saturated heterocycles. The zero-order chi connectivity index (χ0) is 22.3. The van der Waals surface area contributed by atoms with Gasteiger partial charge in [-0.2, -0.15) is 0 Å². The van der Waals surface area contributed by atoms with Crippen LogP contribution in [0.4, 0.5) is 10.6 Å². The third kappa shape index (κ3) is 3.99. The van der Waals surface area contributed by atoms with Gasteiger partial charge in [-0.1, -0.05) is 0 Å². The van der Waals surface area contributed by atoms with Crippen molar-refractivity contribution in [3.8, 4) is 10.4 Å². The molecule has 1 spiro atoms. The van der Waals surface area contributed by atoms with Crippen LogP contribution < -0.4 is 4.90 Å². The number of amides is 1. The second-order valence-corrected chi connectivity index (χ2v) is 10.7. The SMILES string of the molecule is CCOC(=O)N1CC2(CCC(N3CCN(c4ncccc4-c4sc(C)nc4C)CC3)C2)C1. The maximum Gasteiger partial charge on any atom is 0.409 e. The molecule has 32 heavy (non-hydrogen) atoms. The number of carbonyl (C=O) groups excluding carboxylic acids is 1. The summed E-state index contributed by atoms with van der Waals surface area (Å²) in [6, 6.07) is 4.84. The lowest BCUT2D eigenvalue weighted by atomic mass is 9.78. The Balaban J connectivity index is 1.19. The Morgan fingerprint density at radius 2 is 2.03 bits per heavy atom. The molecule has 0 N–H and O–H groups in total. The van der Waals surface area contributed by atoms with Crippen molar-refractivity contribution < 1.29 is 9.53 Å². The first-order valence-corrected chi connectivity index (χ1v) is 12.6. The molecule has 0 bridgehead atoms. The van der Waals surface area contributed by atoms with Crippen molar-refractivity contribution in [3.63, 3.8) is 0 Å². The maximum atomic E-state index is 12.0. The van der Waals surface area contributed by atoms with Crippen LogP contribution in [-0.4, -0.2) is 77.8 Å². The van der Waals surface area contributed by atoms with E-state index in [1.807, 2.05) is 24.1 Å². The average molecular weight is 456 g/mol. The first kappa shape index (κ1) is 21.6. The molecular weight excluding hydrogens is 422 g/mol. The minimum atomic E-state index is -0.146. The van der Waals surface area contributed by atoms with E-state index in [9.17, 15) is 4.79 Å². The molecule has 4 heterocycles. The standard InChI is InChI=1S/C24H33N5O2S/c1-4-31-23(30)29-15-24(16-29)8-7-19(14-24)27-10-12-28(13-11-27)22-20(6-5-9-25-22)21-17(2)26-18(3)32-21/h5-6,9,19H,4,7-8,10-16H2,1-3H3. The minimum Gasteiger partial charge on any atom is -0.450 e. The Morgan fingerprint density at radius 3 is 2.72 bits per heavy atom. The molecule has 7 nitrogen and oxygen atoms in total. The van der Waals surface area contributed by atoms with E-state index in [1.165, 1.54) is 29.7 Å².